The van der Waals surface area contributed by atoms with E-state index in [0.717, 1.165) is 6.54 Å². The zero-order valence-electron chi connectivity index (χ0n) is 8.67. The molecule has 1 radical (unpaired) electrons. The molecule has 69 valence electrons. The van der Waals surface area contributed by atoms with Gasteiger partial charge in [0.15, 0.2) is 0 Å². The topological polar surface area (TPSA) is 12.0 Å². The summed E-state index contributed by atoms with van der Waals surface area (Å²) in [5.41, 5.74) is 2.55. The second-order valence-corrected chi connectivity index (χ2v) is 3.86. The summed E-state index contributed by atoms with van der Waals surface area (Å²) < 4.78 is 0. The van der Waals surface area contributed by atoms with Gasteiger partial charge in [0.1, 0.15) is 0 Å². The first-order chi connectivity index (χ1) is 6.18. The lowest BCUT2D eigenvalue weighted by atomic mass is 9.82. The monoisotopic (exact) mass is 174 g/mol. The van der Waals surface area contributed by atoms with Gasteiger partial charge in [-0.3, -0.25) is 0 Å². The standard InChI is InChI=1S/C11H17BN/c1-9(2)8-13-12-11-6-4-10(3)5-7-11/h4-7,9,13H,8H2,1-3H3. The molecule has 1 N–H and O–H groups in total. The maximum atomic E-state index is 3.30. The molecule has 0 amide bonds. The molecule has 1 aromatic carbocycles. The lowest BCUT2D eigenvalue weighted by Gasteiger charge is -2.05. The zero-order chi connectivity index (χ0) is 9.68. The minimum atomic E-state index is 0.696. The zero-order valence-corrected chi connectivity index (χ0v) is 8.67. The molecule has 1 rings (SSSR count). The Morgan fingerprint density at radius 2 is 1.85 bits per heavy atom. The summed E-state index contributed by atoms with van der Waals surface area (Å²) in [6.45, 7) is 7.55. The van der Waals surface area contributed by atoms with Crippen LogP contribution in [0.5, 0.6) is 0 Å². The first kappa shape index (κ1) is 10.3. The summed E-state index contributed by atoms with van der Waals surface area (Å²) in [7, 11) is 2.07. The molecule has 0 aromatic heterocycles. The molecule has 0 unspecified atom stereocenters. The molecule has 13 heavy (non-hydrogen) atoms. The lowest BCUT2D eigenvalue weighted by molar-refractivity contribution is 0.634. The third-order valence-corrected chi connectivity index (χ3v) is 1.87. The SMILES string of the molecule is Cc1ccc([B]NCC(C)C)cc1. The van der Waals surface area contributed by atoms with E-state index in [2.05, 4.69) is 57.7 Å². The van der Waals surface area contributed by atoms with Crippen molar-refractivity contribution in [1.29, 1.82) is 0 Å². The predicted octanol–water partition coefficient (Wildman–Crippen LogP) is 1.49. The fraction of sp³-hybridized carbons (Fsp3) is 0.455. The van der Waals surface area contributed by atoms with Gasteiger partial charge in [0.05, 0.1) is 0 Å². The normalized spacial score (nSPS) is 10.5. The Balaban J connectivity index is 2.33. The fourth-order valence-electron chi connectivity index (χ4n) is 1.08. The minimum absolute atomic E-state index is 0.696. The molecule has 0 atom stereocenters. The Bertz CT molecular complexity index is 241. The number of aryl methyl sites for hydroxylation is 1. The van der Waals surface area contributed by atoms with Crippen molar-refractivity contribution in [1.82, 2.24) is 5.23 Å². The Hall–Kier alpha value is -0.755. The highest BCUT2D eigenvalue weighted by Crippen LogP contribution is 1.91. The highest BCUT2D eigenvalue weighted by molar-refractivity contribution is 6.50. The van der Waals surface area contributed by atoms with E-state index < -0.39 is 0 Å². The van der Waals surface area contributed by atoms with Crippen LogP contribution in [0, 0.1) is 12.8 Å². The number of benzene rings is 1. The van der Waals surface area contributed by atoms with E-state index in [0.29, 0.717) is 5.92 Å². The molecule has 2 heteroatoms. The van der Waals surface area contributed by atoms with Crippen LogP contribution >= 0.6 is 0 Å². The summed E-state index contributed by atoms with van der Waals surface area (Å²) in [6.07, 6.45) is 0. The molecule has 0 aliphatic carbocycles. The summed E-state index contributed by atoms with van der Waals surface area (Å²) in [6, 6.07) is 8.51. The van der Waals surface area contributed by atoms with Crippen molar-refractivity contribution >= 4 is 12.9 Å². The van der Waals surface area contributed by atoms with E-state index in [-0.39, 0.29) is 0 Å². The van der Waals surface area contributed by atoms with Crippen molar-refractivity contribution in [2.45, 2.75) is 20.8 Å². The van der Waals surface area contributed by atoms with E-state index in [1.807, 2.05) is 0 Å². The van der Waals surface area contributed by atoms with Crippen LogP contribution in [-0.4, -0.2) is 14.0 Å². The molecule has 0 fully saturated rings. The highest BCUT2D eigenvalue weighted by Gasteiger charge is 1.96. The second-order valence-electron chi connectivity index (χ2n) is 3.86. The van der Waals surface area contributed by atoms with Crippen LogP contribution in [0.4, 0.5) is 0 Å². The molecular weight excluding hydrogens is 157 g/mol. The van der Waals surface area contributed by atoms with E-state index in [1.165, 1.54) is 11.0 Å². The van der Waals surface area contributed by atoms with Gasteiger partial charge < -0.3 is 5.23 Å². The summed E-state index contributed by atoms with van der Waals surface area (Å²) in [5, 5.41) is 3.30. The van der Waals surface area contributed by atoms with Gasteiger partial charge in [-0.25, -0.2) is 0 Å². The van der Waals surface area contributed by atoms with Gasteiger partial charge in [-0.1, -0.05) is 49.1 Å². The van der Waals surface area contributed by atoms with Crippen LogP contribution in [0.25, 0.3) is 0 Å². The van der Waals surface area contributed by atoms with E-state index in [1.54, 1.807) is 0 Å². The van der Waals surface area contributed by atoms with Gasteiger partial charge >= 0.3 is 0 Å². The van der Waals surface area contributed by atoms with Crippen molar-refractivity contribution < 1.29 is 0 Å². The maximum absolute atomic E-state index is 3.30. The van der Waals surface area contributed by atoms with Gasteiger partial charge in [0.2, 0.25) is 7.41 Å². The highest BCUT2D eigenvalue weighted by atomic mass is 14.7. The number of hydrogen-bond donors (Lipinski definition) is 1. The molecule has 0 spiro atoms. The number of hydrogen-bond acceptors (Lipinski definition) is 1. The fourth-order valence-corrected chi connectivity index (χ4v) is 1.08. The maximum Gasteiger partial charge on any atom is 0.244 e. The number of rotatable bonds is 4. The predicted molar refractivity (Wildman–Crippen MR) is 59.4 cm³/mol. The molecule has 0 bridgehead atoms. The Morgan fingerprint density at radius 1 is 1.23 bits per heavy atom. The van der Waals surface area contributed by atoms with Crippen LogP contribution in [0.15, 0.2) is 24.3 Å². The first-order valence-electron chi connectivity index (χ1n) is 4.82. The molecular formula is C11H17BN. The molecule has 0 saturated carbocycles. The molecule has 0 saturated heterocycles. The average Bonchev–Trinajstić information content (AvgIpc) is 2.08. The van der Waals surface area contributed by atoms with Crippen molar-refractivity contribution in [3.8, 4) is 0 Å². The number of nitrogens with one attached hydrogen (secondary N) is 1. The average molecular weight is 174 g/mol. The lowest BCUT2D eigenvalue weighted by Crippen LogP contribution is -2.32. The Morgan fingerprint density at radius 3 is 2.38 bits per heavy atom. The summed E-state index contributed by atoms with van der Waals surface area (Å²) in [5.74, 6) is 0.696. The van der Waals surface area contributed by atoms with Crippen LogP contribution in [0.1, 0.15) is 19.4 Å². The van der Waals surface area contributed by atoms with E-state index >= 15 is 0 Å². The van der Waals surface area contributed by atoms with E-state index in [4.69, 9.17) is 0 Å². The van der Waals surface area contributed by atoms with Gasteiger partial charge in [0, 0.05) is 0 Å². The molecule has 1 nitrogen and oxygen atoms in total. The molecule has 0 aliphatic heterocycles. The first-order valence-corrected chi connectivity index (χ1v) is 4.82. The Kier molecular flexibility index (Phi) is 4.03. The van der Waals surface area contributed by atoms with Gasteiger partial charge in [-0.15, -0.1) is 0 Å². The van der Waals surface area contributed by atoms with Gasteiger partial charge in [-0.2, -0.15) is 0 Å². The molecule has 0 heterocycles. The van der Waals surface area contributed by atoms with Gasteiger partial charge in [0.25, 0.3) is 0 Å². The summed E-state index contributed by atoms with van der Waals surface area (Å²) in [4.78, 5) is 0. The van der Waals surface area contributed by atoms with Crippen LogP contribution in [-0.2, 0) is 0 Å². The van der Waals surface area contributed by atoms with Crippen LogP contribution < -0.4 is 10.7 Å². The third kappa shape index (κ3) is 4.14. The van der Waals surface area contributed by atoms with Crippen LogP contribution in [0.3, 0.4) is 0 Å². The van der Waals surface area contributed by atoms with Crippen molar-refractivity contribution in [3.63, 3.8) is 0 Å². The van der Waals surface area contributed by atoms with Gasteiger partial charge in [-0.05, 0) is 19.4 Å². The van der Waals surface area contributed by atoms with Crippen molar-refractivity contribution in [2.75, 3.05) is 6.54 Å². The van der Waals surface area contributed by atoms with Crippen molar-refractivity contribution in [2.24, 2.45) is 5.92 Å². The quantitative estimate of drug-likeness (QED) is 0.681. The third-order valence-electron chi connectivity index (χ3n) is 1.87. The largest absolute Gasteiger partial charge is 0.356 e. The Labute approximate surface area is 81.8 Å². The summed E-state index contributed by atoms with van der Waals surface area (Å²) >= 11 is 0. The van der Waals surface area contributed by atoms with Crippen LogP contribution in [0.2, 0.25) is 0 Å². The molecule has 0 aliphatic rings. The van der Waals surface area contributed by atoms with E-state index in [9.17, 15) is 0 Å². The smallest absolute Gasteiger partial charge is 0.244 e. The van der Waals surface area contributed by atoms with Crippen molar-refractivity contribution in [3.05, 3.63) is 29.8 Å². The second kappa shape index (κ2) is 5.08. The molecule has 1 aromatic rings. The minimum Gasteiger partial charge on any atom is -0.356 e.